The number of carbonyl (C=O) groups is 2. The number of morpholine rings is 1. The van der Waals surface area contributed by atoms with E-state index in [1.54, 1.807) is 38.1 Å². The van der Waals surface area contributed by atoms with Crippen LogP contribution in [-0.2, 0) is 11.3 Å². The van der Waals surface area contributed by atoms with E-state index in [1.807, 2.05) is 29.2 Å². The number of aliphatic hydroxyl groups is 1. The fraction of sp³-hybridized carbons (Fsp3) is 0.303. The van der Waals surface area contributed by atoms with E-state index >= 15 is 0 Å². The molecule has 10 nitrogen and oxygen atoms in total. The van der Waals surface area contributed by atoms with Gasteiger partial charge in [0.1, 0.15) is 5.75 Å². The predicted octanol–water partition coefficient (Wildman–Crippen LogP) is 5.33. The van der Waals surface area contributed by atoms with Crippen molar-refractivity contribution in [2.24, 2.45) is 10.7 Å². The van der Waals surface area contributed by atoms with Crippen LogP contribution in [0.5, 0.6) is 5.75 Å². The lowest BCUT2D eigenvalue weighted by atomic mass is 9.97. The number of hydrogen-bond acceptors (Lipinski definition) is 8. The summed E-state index contributed by atoms with van der Waals surface area (Å²) in [6, 6.07) is 14.1. The van der Waals surface area contributed by atoms with Crippen molar-refractivity contribution < 1.29 is 29.3 Å². The normalized spacial score (nSPS) is 15.6. The first-order valence-corrected chi connectivity index (χ1v) is 15.1. The van der Waals surface area contributed by atoms with E-state index in [2.05, 4.69) is 4.99 Å². The van der Waals surface area contributed by atoms with E-state index < -0.39 is 17.5 Å². The van der Waals surface area contributed by atoms with Crippen LogP contribution in [0.15, 0.2) is 59.7 Å². The Balaban J connectivity index is 1.39. The van der Waals surface area contributed by atoms with Crippen molar-refractivity contribution >= 4 is 52.6 Å². The zero-order valence-electron chi connectivity index (χ0n) is 24.9. The number of carbonyl (C=O) groups excluding carboxylic acids is 1. The Bertz CT molecular complexity index is 1660. The monoisotopic (exact) mass is 652 g/mol. The highest BCUT2D eigenvalue weighted by Gasteiger charge is 2.29. The van der Waals surface area contributed by atoms with Gasteiger partial charge in [-0.05, 0) is 49.2 Å². The molecule has 1 fully saturated rings. The first kappa shape index (κ1) is 32.3. The average molecular weight is 654 g/mol. The van der Waals surface area contributed by atoms with Crippen molar-refractivity contribution in [3.05, 3.63) is 87.0 Å². The molecule has 4 N–H and O–H groups in total. The molecule has 0 saturated carbocycles. The maximum absolute atomic E-state index is 13.7. The van der Waals surface area contributed by atoms with E-state index in [0.29, 0.717) is 48.9 Å². The van der Waals surface area contributed by atoms with E-state index in [-0.39, 0.29) is 41.0 Å². The number of allylic oxidation sites excluding steroid dienone is 1. The Kier molecular flexibility index (Phi) is 9.69. The van der Waals surface area contributed by atoms with Gasteiger partial charge in [-0.15, -0.1) is 0 Å². The second kappa shape index (κ2) is 13.5. The van der Waals surface area contributed by atoms with Crippen molar-refractivity contribution in [2.45, 2.75) is 26.0 Å². The lowest BCUT2D eigenvalue weighted by Crippen LogP contribution is -2.37. The molecule has 0 bridgehead atoms. The molecule has 2 heterocycles. The number of nitrogens with two attached hydrogens (primary N) is 1. The summed E-state index contributed by atoms with van der Waals surface area (Å²) in [5.41, 5.74) is 9.27. The first-order chi connectivity index (χ1) is 21.5. The van der Waals surface area contributed by atoms with Crippen LogP contribution in [0.25, 0.3) is 16.7 Å². The van der Waals surface area contributed by atoms with Crippen LogP contribution in [0.4, 0.5) is 5.69 Å². The van der Waals surface area contributed by atoms with Crippen molar-refractivity contribution in [3.8, 4) is 16.9 Å². The second-order valence-corrected chi connectivity index (χ2v) is 12.2. The van der Waals surface area contributed by atoms with Gasteiger partial charge in [0.15, 0.2) is 6.73 Å². The fourth-order valence-electron chi connectivity index (χ4n) is 5.26. The van der Waals surface area contributed by atoms with Crippen LogP contribution >= 0.6 is 23.2 Å². The molecule has 0 atom stereocenters. The summed E-state index contributed by atoms with van der Waals surface area (Å²) in [6.45, 7) is 5.90. The number of carboxylic acids is 1. The predicted molar refractivity (Wildman–Crippen MR) is 176 cm³/mol. The standard InChI is InChI=1S/C33H34Cl2N4O6/c1-33(2,43)18-37-16-23(15-36)22-12-26(34)29(27(35)13-22)31(40)39-17-21-4-3-5-24(30(21)45-19-39)20-6-7-25(32(41)42)28(14-20)38-8-10-44-11-9-38/h3-7,12-16,43H,8-11,17-19,36H2,1-2H3,(H,41,42). The lowest BCUT2D eigenvalue weighted by molar-refractivity contribution is 0.0516. The van der Waals surface area contributed by atoms with Crippen molar-refractivity contribution in [2.75, 3.05) is 44.5 Å². The molecule has 0 unspecified atom stereocenters. The third-order valence-electron chi connectivity index (χ3n) is 7.48. The molecule has 0 radical (unpaired) electrons. The molecule has 3 aromatic rings. The quantitative estimate of drug-likeness (QED) is 0.278. The lowest BCUT2D eigenvalue weighted by Gasteiger charge is -2.32. The van der Waals surface area contributed by atoms with E-state index in [1.165, 1.54) is 17.3 Å². The topological polar surface area (TPSA) is 138 Å². The van der Waals surface area contributed by atoms with Crippen LogP contribution < -0.4 is 15.4 Å². The summed E-state index contributed by atoms with van der Waals surface area (Å²) in [4.78, 5) is 33.4. The molecule has 3 aromatic carbocycles. The number of fused-ring (bicyclic) bond motifs is 1. The number of hydrogen-bond donors (Lipinski definition) is 3. The maximum Gasteiger partial charge on any atom is 0.337 e. The highest BCUT2D eigenvalue weighted by molar-refractivity contribution is 6.40. The van der Waals surface area contributed by atoms with E-state index in [0.717, 1.165) is 16.7 Å². The Morgan fingerprint density at radius 2 is 1.80 bits per heavy atom. The van der Waals surface area contributed by atoms with Crippen LogP contribution in [-0.4, -0.2) is 78.4 Å². The minimum Gasteiger partial charge on any atom is -0.478 e. The second-order valence-electron chi connectivity index (χ2n) is 11.4. The largest absolute Gasteiger partial charge is 0.478 e. The molecule has 1 saturated heterocycles. The molecular formula is C33H34Cl2N4O6. The number of amides is 1. The molecule has 2 aliphatic rings. The van der Waals surface area contributed by atoms with Gasteiger partial charge in [0, 0.05) is 42.2 Å². The number of aromatic carboxylic acids is 1. The third-order valence-corrected chi connectivity index (χ3v) is 8.07. The van der Waals surface area contributed by atoms with Crippen molar-refractivity contribution in [1.82, 2.24) is 4.90 Å². The number of para-hydroxylation sites is 1. The Morgan fingerprint density at radius 3 is 2.44 bits per heavy atom. The van der Waals surface area contributed by atoms with Crippen LogP contribution in [0.2, 0.25) is 10.0 Å². The van der Waals surface area contributed by atoms with Gasteiger partial charge >= 0.3 is 5.97 Å². The molecule has 45 heavy (non-hydrogen) atoms. The van der Waals surface area contributed by atoms with Gasteiger partial charge in [0.2, 0.25) is 0 Å². The minimum atomic E-state index is -0.997. The number of nitrogens with zero attached hydrogens (tertiary/aromatic N) is 3. The maximum atomic E-state index is 13.7. The highest BCUT2D eigenvalue weighted by Crippen LogP contribution is 2.39. The van der Waals surface area contributed by atoms with Crippen molar-refractivity contribution in [1.29, 1.82) is 0 Å². The van der Waals surface area contributed by atoms with E-state index in [4.69, 9.17) is 38.4 Å². The molecule has 5 rings (SSSR count). The molecule has 236 valence electrons. The number of ether oxygens (including phenoxy) is 2. The van der Waals surface area contributed by atoms with Crippen LogP contribution in [0.1, 0.15) is 45.7 Å². The van der Waals surface area contributed by atoms with Crippen molar-refractivity contribution in [3.63, 3.8) is 0 Å². The molecule has 0 aromatic heterocycles. The highest BCUT2D eigenvalue weighted by atomic mass is 35.5. The summed E-state index contributed by atoms with van der Waals surface area (Å²) in [6.07, 6.45) is 2.87. The van der Waals surface area contributed by atoms with Gasteiger partial charge in [-0.3, -0.25) is 9.79 Å². The third kappa shape index (κ3) is 7.26. The SMILES string of the molecule is CC(C)(O)CN=CC(=CN)c1cc(Cl)c(C(=O)N2COc3c(cccc3-c3ccc(C(=O)O)c(N4CCOCC4)c3)C2)c(Cl)c1. The summed E-state index contributed by atoms with van der Waals surface area (Å²) >= 11 is 13.2. The fourth-order valence-corrected chi connectivity index (χ4v) is 5.91. The van der Waals surface area contributed by atoms with Gasteiger partial charge < -0.3 is 35.2 Å². The van der Waals surface area contributed by atoms with E-state index in [9.17, 15) is 19.8 Å². The number of carboxylic acid groups (broad SMARTS) is 1. The smallest absolute Gasteiger partial charge is 0.337 e. The summed E-state index contributed by atoms with van der Waals surface area (Å²) in [5.74, 6) is -0.779. The number of halogens is 2. The Morgan fingerprint density at radius 1 is 1.09 bits per heavy atom. The molecule has 12 heteroatoms. The van der Waals surface area contributed by atoms with Gasteiger partial charge in [-0.25, -0.2) is 4.79 Å². The number of anilines is 1. The number of benzene rings is 3. The molecule has 0 aliphatic carbocycles. The Labute approximate surface area is 271 Å². The van der Waals surface area contributed by atoms with Gasteiger partial charge in [0.05, 0.1) is 58.8 Å². The van der Waals surface area contributed by atoms with Crippen LogP contribution in [0, 0.1) is 0 Å². The molecule has 0 spiro atoms. The molecular weight excluding hydrogens is 619 g/mol. The molecule has 1 amide bonds. The average Bonchev–Trinajstić information content (AvgIpc) is 3.01. The molecule has 2 aliphatic heterocycles. The van der Waals surface area contributed by atoms with Gasteiger partial charge in [-0.2, -0.15) is 0 Å². The zero-order valence-corrected chi connectivity index (χ0v) is 26.4. The number of aliphatic imine (C=N–C) groups is 1. The van der Waals surface area contributed by atoms with Gasteiger partial charge in [-0.1, -0.05) is 47.5 Å². The zero-order chi connectivity index (χ0) is 32.3. The minimum absolute atomic E-state index is 0.0433. The summed E-state index contributed by atoms with van der Waals surface area (Å²) in [7, 11) is 0. The number of rotatable bonds is 8. The van der Waals surface area contributed by atoms with Gasteiger partial charge in [0.25, 0.3) is 5.91 Å². The summed E-state index contributed by atoms with van der Waals surface area (Å²) in [5, 5.41) is 20.0. The Hall–Kier alpha value is -4.09. The first-order valence-electron chi connectivity index (χ1n) is 14.3. The summed E-state index contributed by atoms with van der Waals surface area (Å²) < 4.78 is 11.6. The van der Waals surface area contributed by atoms with Crippen LogP contribution in [0.3, 0.4) is 0 Å².